The van der Waals surface area contributed by atoms with Gasteiger partial charge in [-0.15, -0.1) is 24.8 Å². The molecule has 0 aliphatic carbocycles. The molecule has 1 aliphatic rings. The van der Waals surface area contributed by atoms with Crippen LogP contribution in [0, 0.1) is 5.41 Å². The number of carbonyl (C=O) groups is 1. The van der Waals surface area contributed by atoms with Crippen molar-refractivity contribution in [1.82, 2.24) is 10.2 Å². The van der Waals surface area contributed by atoms with Crippen LogP contribution in [-0.2, 0) is 6.42 Å². The van der Waals surface area contributed by atoms with E-state index >= 15 is 0 Å². The van der Waals surface area contributed by atoms with Gasteiger partial charge in [0.05, 0.1) is 0 Å². The van der Waals surface area contributed by atoms with Crippen LogP contribution in [0.25, 0.3) is 0 Å². The lowest BCUT2D eigenvalue weighted by molar-refractivity contribution is 0.0928. The zero-order chi connectivity index (χ0) is 15.5. The van der Waals surface area contributed by atoms with E-state index in [1.807, 2.05) is 12.1 Å². The number of hydrogen-bond acceptors (Lipinski definition) is 3. The molecular weight excluding hydrogens is 333 g/mol. The van der Waals surface area contributed by atoms with Crippen LogP contribution < -0.4 is 10.6 Å². The first-order chi connectivity index (χ1) is 9.89. The Labute approximate surface area is 152 Å². The molecule has 0 bridgehead atoms. The third-order valence-electron chi connectivity index (χ3n) is 3.81. The second-order valence-corrected chi connectivity index (χ2v) is 6.95. The molecule has 0 spiro atoms. The molecule has 1 amide bonds. The van der Waals surface area contributed by atoms with E-state index in [2.05, 4.69) is 49.5 Å². The first kappa shape index (κ1) is 22.0. The zero-order valence-electron chi connectivity index (χ0n) is 14.4. The van der Waals surface area contributed by atoms with Gasteiger partial charge in [-0.2, -0.15) is 0 Å². The number of fused-ring (bicyclic) bond motifs is 1. The van der Waals surface area contributed by atoms with Crippen LogP contribution in [0.15, 0.2) is 18.2 Å². The number of nitrogens with zero attached hydrogens (tertiary/aromatic N) is 1. The van der Waals surface area contributed by atoms with Gasteiger partial charge in [-0.1, -0.05) is 19.9 Å². The van der Waals surface area contributed by atoms with Crippen LogP contribution in [0.1, 0.15) is 36.2 Å². The summed E-state index contributed by atoms with van der Waals surface area (Å²) in [6.07, 6.45) is 2.07. The maximum Gasteiger partial charge on any atom is 0.251 e. The summed E-state index contributed by atoms with van der Waals surface area (Å²) in [4.78, 5) is 14.6. The van der Waals surface area contributed by atoms with Crippen molar-refractivity contribution < 1.29 is 4.79 Å². The number of amides is 1. The molecule has 1 aliphatic heterocycles. The highest BCUT2D eigenvalue weighted by atomic mass is 35.5. The normalized spacial score (nSPS) is 13.3. The predicted molar refractivity (Wildman–Crippen MR) is 102 cm³/mol. The highest BCUT2D eigenvalue weighted by Crippen LogP contribution is 2.25. The fourth-order valence-corrected chi connectivity index (χ4v) is 3.05. The van der Waals surface area contributed by atoms with Crippen molar-refractivity contribution in [2.75, 3.05) is 39.0 Å². The maximum absolute atomic E-state index is 12.5. The molecule has 0 saturated carbocycles. The van der Waals surface area contributed by atoms with Gasteiger partial charge in [0.25, 0.3) is 5.91 Å². The van der Waals surface area contributed by atoms with E-state index in [4.69, 9.17) is 0 Å². The minimum atomic E-state index is 0. The molecule has 1 aromatic rings. The summed E-state index contributed by atoms with van der Waals surface area (Å²) in [5.41, 5.74) is 3.15. The molecule has 1 aromatic carbocycles. The maximum atomic E-state index is 12.5. The lowest BCUT2D eigenvalue weighted by atomic mass is 9.92. The van der Waals surface area contributed by atoms with E-state index in [9.17, 15) is 4.79 Å². The van der Waals surface area contributed by atoms with Gasteiger partial charge in [-0.05, 0) is 50.0 Å². The summed E-state index contributed by atoms with van der Waals surface area (Å²) in [5.74, 6) is 0.0439. The van der Waals surface area contributed by atoms with Gasteiger partial charge in [0.2, 0.25) is 0 Å². The average molecular weight is 362 g/mol. The smallest absolute Gasteiger partial charge is 0.251 e. The van der Waals surface area contributed by atoms with Crippen molar-refractivity contribution in [2.45, 2.75) is 26.7 Å². The zero-order valence-corrected chi connectivity index (χ0v) is 16.1. The Hall–Kier alpha value is -0.970. The number of hydrogen-bond donors (Lipinski definition) is 2. The van der Waals surface area contributed by atoms with Gasteiger partial charge in [-0.25, -0.2) is 0 Å². The predicted octanol–water partition coefficient (Wildman–Crippen LogP) is 3.21. The fraction of sp³-hybridized carbons (Fsp3) is 0.588. The number of halogens is 2. The topological polar surface area (TPSA) is 44.4 Å². The van der Waals surface area contributed by atoms with E-state index in [-0.39, 0.29) is 36.1 Å². The Morgan fingerprint density at radius 2 is 2.00 bits per heavy atom. The van der Waals surface area contributed by atoms with Gasteiger partial charge in [0, 0.05) is 30.9 Å². The number of carbonyl (C=O) groups excluding carboxylic acids is 1. The Bertz CT molecular complexity index is 519. The summed E-state index contributed by atoms with van der Waals surface area (Å²) < 4.78 is 0. The van der Waals surface area contributed by atoms with Crippen molar-refractivity contribution in [1.29, 1.82) is 0 Å². The molecule has 0 aromatic heterocycles. The minimum absolute atomic E-state index is 0. The molecule has 0 unspecified atom stereocenters. The molecule has 132 valence electrons. The average Bonchev–Trinajstić information content (AvgIpc) is 2.43. The Morgan fingerprint density at radius 3 is 2.65 bits per heavy atom. The van der Waals surface area contributed by atoms with Gasteiger partial charge in [0.15, 0.2) is 0 Å². The summed E-state index contributed by atoms with van der Waals surface area (Å²) in [6, 6.07) is 5.94. The molecule has 2 N–H and O–H groups in total. The van der Waals surface area contributed by atoms with E-state index in [1.165, 1.54) is 0 Å². The molecule has 0 saturated heterocycles. The number of benzene rings is 1. The molecule has 0 atom stereocenters. The highest BCUT2D eigenvalue weighted by molar-refractivity contribution is 5.97. The second kappa shape index (κ2) is 9.36. The largest absolute Gasteiger partial charge is 0.385 e. The Kier molecular flexibility index (Phi) is 8.96. The first-order valence-electron chi connectivity index (χ1n) is 7.68. The standard InChI is InChI=1S/C17H27N3O.2ClH/c1-17(2,12-20(3)4)11-19-16(21)14-7-5-9-15-13(14)8-6-10-18-15;;/h5,7,9,18H,6,8,10-12H2,1-4H3,(H,19,21);2*1H. The Balaban J connectivity index is 0.00000242. The molecule has 2 rings (SSSR count). The molecular formula is C17H29Cl2N3O. The van der Waals surface area contributed by atoms with Gasteiger partial charge in [-0.3, -0.25) is 4.79 Å². The summed E-state index contributed by atoms with van der Waals surface area (Å²) in [7, 11) is 4.12. The molecule has 0 fully saturated rings. The van der Waals surface area contributed by atoms with Crippen molar-refractivity contribution in [3.63, 3.8) is 0 Å². The number of rotatable bonds is 5. The molecule has 6 heteroatoms. The molecule has 4 nitrogen and oxygen atoms in total. The van der Waals surface area contributed by atoms with Crippen molar-refractivity contribution in [3.8, 4) is 0 Å². The monoisotopic (exact) mass is 361 g/mol. The summed E-state index contributed by atoms with van der Waals surface area (Å²) in [5, 5.41) is 6.47. The SMILES string of the molecule is CN(C)CC(C)(C)CNC(=O)c1cccc2c1CCCN2.Cl.Cl. The second-order valence-electron chi connectivity index (χ2n) is 6.95. The minimum Gasteiger partial charge on any atom is -0.385 e. The van der Waals surface area contributed by atoms with E-state index in [0.29, 0.717) is 6.54 Å². The van der Waals surface area contributed by atoms with E-state index in [1.54, 1.807) is 0 Å². The lowest BCUT2D eigenvalue weighted by Crippen LogP contribution is -2.40. The number of nitrogens with one attached hydrogen (secondary N) is 2. The van der Waals surface area contributed by atoms with Gasteiger partial charge in [0.1, 0.15) is 0 Å². The van der Waals surface area contributed by atoms with Crippen LogP contribution in [0.5, 0.6) is 0 Å². The third-order valence-corrected chi connectivity index (χ3v) is 3.81. The number of anilines is 1. The van der Waals surface area contributed by atoms with Crippen LogP contribution in [-0.4, -0.2) is 44.5 Å². The Morgan fingerprint density at radius 1 is 1.30 bits per heavy atom. The molecule has 1 heterocycles. The van der Waals surface area contributed by atoms with Crippen molar-refractivity contribution in [3.05, 3.63) is 29.3 Å². The summed E-state index contributed by atoms with van der Waals surface area (Å²) >= 11 is 0. The highest BCUT2D eigenvalue weighted by Gasteiger charge is 2.22. The summed E-state index contributed by atoms with van der Waals surface area (Å²) in [6.45, 7) is 6.97. The van der Waals surface area contributed by atoms with Crippen molar-refractivity contribution >= 4 is 36.4 Å². The van der Waals surface area contributed by atoms with Crippen LogP contribution >= 0.6 is 24.8 Å². The van der Waals surface area contributed by atoms with Crippen LogP contribution in [0.2, 0.25) is 0 Å². The van der Waals surface area contributed by atoms with Crippen LogP contribution in [0.3, 0.4) is 0 Å². The van der Waals surface area contributed by atoms with Gasteiger partial charge < -0.3 is 15.5 Å². The van der Waals surface area contributed by atoms with Crippen LogP contribution in [0.4, 0.5) is 5.69 Å². The van der Waals surface area contributed by atoms with E-state index < -0.39 is 0 Å². The van der Waals surface area contributed by atoms with E-state index in [0.717, 1.165) is 42.7 Å². The molecule has 0 radical (unpaired) electrons. The quantitative estimate of drug-likeness (QED) is 0.846. The van der Waals surface area contributed by atoms with Gasteiger partial charge >= 0.3 is 0 Å². The first-order valence-corrected chi connectivity index (χ1v) is 7.68. The fourth-order valence-electron chi connectivity index (χ4n) is 3.05. The third kappa shape index (κ3) is 6.21. The lowest BCUT2D eigenvalue weighted by Gasteiger charge is -2.29. The molecule has 23 heavy (non-hydrogen) atoms. The van der Waals surface area contributed by atoms with Crippen molar-refractivity contribution in [2.24, 2.45) is 5.41 Å².